The molecule has 24 heavy (non-hydrogen) atoms. The predicted octanol–water partition coefficient (Wildman–Crippen LogP) is 2.12. The molecule has 1 aliphatic rings. The van der Waals surface area contributed by atoms with Gasteiger partial charge in [-0.15, -0.1) is 24.0 Å². The summed E-state index contributed by atoms with van der Waals surface area (Å²) in [6, 6.07) is 8.11. The molecule has 0 amide bonds. The zero-order chi connectivity index (χ0) is 16.5. The molecule has 1 unspecified atom stereocenters. The molecule has 0 radical (unpaired) electrons. The molecule has 6 nitrogen and oxygen atoms in total. The van der Waals surface area contributed by atoms with Gasteiger partial charge in [0.15, 0.2) is 5.96 Å². The highest BCUT2D eigenvalue weighted by Gasteiger charge is 2.22. The number of carbonyl (C=O) groups is 1. The third-order valence-electron chi connectivity index (χ3n) is 3.59. The quantitative estimate of drug-likeness (QED) is 0.220. The molecule has 1 aromatic rings. The minimum Gasteiger partial charge on any atom is -0.488 e. The molecule has 0 bridgehead atoms. The molecule has 1 atom stereocenters. The average molecular weight is 447 g/mol. The van der Waals surface area contributed by atoms with Crippen LogP contribution >= 0.6 is 24.0 Å². The standard InChI is InChI=1S/C17H25N3O3.HI/c1-3-22-16(21)9-6-10-19-17(18-2)20-12-14-11-13-7-4-5-8-15(13)23-14;/h4-5,7-8,14H,3,6,9-12H2,1-2H3,(H2,18,19,20);1H. The molecule has 0 fully saturated rings. The van der Waals surface area contributed by atoms with Gasteiger partial charge < -0.3 is 20.1 Å². The summed E-state index contributed by atoms with van der Waals surface area (Å²) < 4.78 is 10.8. The summed E-state index contributed by atoms with van der Waals surface area (Å²) in [6.45, 7) is 3.60. The summed E-state index contributed by atoms with van der Waals surface area (Å²) in [7, 11) is 1.73. The Morgan fingerprint density at radius 3 is 2.88 bits per heavy atom. The monoisotopic (exact) mass is 447 g/mol. The van der Waals surface area contributed by atoms with Crippen molar-refractivity contribution in [2.45, 2.75) is 32.3 Å². The molecule has 0 saturated heterocycles. The molecule has 7 heteroatoms. The van der Waals surface area contributed by atoms with E-state index >= 15 is 0 Å². The molecule has 2 rings (SSSR count). The number of fused-ring (bicyclic) bond motifs is 1. The lowest BCUT2D eigenvalue weighted by Crippen LogP contribution is -2.42. The summed E-state index contributed by atoms with van der Waals surface area (Å²) in [4.78, 5) is 15.4. The lowest BCUT2D eigenvalue weighted by atomic mass is 10.1. The van der Waals surface area contributed by atoms with Crippen molar-refractivity contribution in [3.63, 3.8) is 0 Å². The van der Waals surface area contributed by atoms with E-state index in [1.54, 1.807) is 7.05 Å². The van der Waals surface area contributed by atoms with Gasteiger partial charge in [-0.25, -0.2) is 0 Å². The largest absolute Gasteiger partial charge is 0.488 e. The number of hydrogen-bond donors (Lipinski definition) is 2. The molecule has 0 aliphatic carbocycles. The van der Waals surface area contributed by atoms with Crippen molar-refractivity contribution < 1.29 is 14.3 Å². The van der Waals surface area contributed by atoms with Crippen LogP contribution in [0.5, 0.6) is 5.75 Å². The van der Waals surface area contributed by atoms with Gasteiger partial charge in [0.2, 0.25) is 0 Å². The Morgan fingerprint density at radius 1 is 1.38 bits per heavy atom. The third kappa shape index (κ3) is 6.54. The maximum atomic E-state index is 11.3. The van der Waals surface area contributed by atoms with Crippen LogP contribution in [0.15, 0.2) is 29.3 Å². The second kappa shape index (κ2) is 11.1. The summed E-state index contributed by atoms with van der Waals surface area (Å²) in [5.41, 5.74) is 1.25. The number of nitrogens with zero attached hydrogens (tertiary/aromatic N) is 1. The summed E-state index contributed by atoms with van der Waals surface area (Å²) >= 11 is 0. The number of esters is 1. The number of para-hydroxylation sites is 1. The van der Waals surface area contributed by atoms with E-state index in [4.69, 9.17) is 9.47 Å². The van der Waals surface area contributed by atoms with Crippen LogP contribution in [0.25, 0.3) is 0 Å². The van der Waals surface area contributed by atoms with E-state index in [9.17, 15) is 4.79 Å². The van der Waals surface area contributed by atoms with E-state index in [0.29, 0.717) is 38.5 Å². The number of benzene rings is 1. The van der Waals surface area contributed by atoms with E-state index in [1.165, 1.54) is 5.56 Å². The maximum Gasteiger partial charge on any atom is 0.305 e. The Labute approximate surface area is 160 Å². The van der Waals surface area contributed by atoms with Crippen LogP contribution in [0.4, 0.5) is 0 Å². The van der Waals surface area contributed by atoms with Crippen molar-refractivity contribution in [2.24, 2.45) is 4.99 Å². The third-order valence-corrected chi connectivity index (χ3v) is 3.59. The first-order valence-electron chi connectivity index (χ1n) is 8.07. The van der Waals surface area contributed by atoms with Gasteiger partial charge in [-0.1, -0.05) is 18.2 Å². The van der Waals surface area contributed by atoms with E-state index in [1.807, 2.05) is 25.1 Å². The van der Waals surface area contributed by atoms with Crippen LogP contribution in [-0.4, -0.2) is 44.8 Å². The number of rotatable bonds is 7. The Morgan fingerprint density at radius 2 is 2.17 bits per heavy atom. The number of nitrogens with one attached hydrogen (secondary N) is 2. The minimum atomic E-state index is -0.158. The van der Waals surface area contributed by atoms with E-state index < -0.39 is 0 Å². The van der Waals surface area contributed by atoms with Gasteiger partial charge in [-0.2, -0.15) is 0 Å². The maximum absolute atomic E-state index is 11.3. The number of halogens is 1. The van der Waals surface area contributed by atoms with Crippen LogP contribution in [0.3, 0.4) is 0 Å². The second-order valence-corrected chi connectivity index (χ2v) is 5.34. The van der Waals surface area contributed by atoms with Gasteiger partial charge in [0.05, 0.1) is 13.2 Å². The first kappa shape index (κ1) is 20.5. The van der Waals surface area contributed by atoms with Gasteiger partial charge in [-0.3, -0.25) is 9.79 Å². The Hall–Kier alpha value is -1.51. The number of aliphatic imine (C=N–C) groups is 1. The molecular weight excluding hydrogens is 421 g/mol. The molecule has 1 aromatic carbocycles. The molecule has 0 aromatic heterocycles. The predicted molar refractivity (Wildman–Crippen MR) is 105 cm³/mol. The Balaban J connectivity index is 0.00000288. The van der Waals surface area contributed by atoms with Crippen molar-refractivity contribution in [1.29, 1.82) is 0 Å². The first-order valence-corrected chi connectivity index (χ1v) is 8.07. The fourth-order valence-corrected chi connectivity index (χ4v) is 2.47. The summed E-state index contributed by atoms with van der Waals surface area (Å²) in [5, 5.41) is 6.44. The first-order chi connectivity index (χ1) is 11.2. The highest BCUT2D eigenvalue weighted by atomic mass is 127. The van der Waals surface area contributed by atoms with Gasteiger partial charge in [0, 0.05) is 26.4 Å². The summed E-state index contributed by atoms with van der Waals surface area (Å²) in [6.07, 6.45) is 2.15. The van der Waals surface area contributed by atoms with Crippen LogP contribution in [0, 0.1) is 0 Å². The van der Waals surface area contributed by atoms with Crippen molar-refractivity contribution >= 4 is 35.9 Å². The molecule has 0 saturated carbocycles. The average Bonchev–Trinajstić information content (AvgIpc) is 2.97. The Kier molecular flexibility index (Phi) is 9.51. The lowest BCUT2D eigenvalue weighted by Gasteiger charge is -2.15. The van der Waals surface area contributed by atoms with Gasteiger partial charge in [0.1, 0.15) is 11.9 Å². The summed E-state index contributed by atoms with van der Waals surface area (Å²) in [5.74, 6) is 1.53. The van der Waals surface area contributed by atoms with Crippen molar-refractivity contribution in [3.05, 3.63) is 29.8 Å². The molecule has 2 N–H and O–H groups in total. The topological polar surface area (TPSA) is 72.0 Å². The van der Waals surface area contributed by atoms with Crippen molar-refractivity contribution in [3.8, 4) is 5.75 Å². The smallest absolute Gasteiger partial charge is 0.305 e. The lowest BCUT2D eigenvalue weighted by molar-refractivity contribution is -0.143. The molecule has 0 spiro atoms. The zero-order valence-corrected chi connectivity index (χ0v) is 16.5. The molecule has 134 valence electrons. The normalized spacial score (nSPS) is 15.8. The molecular formula is C17H26IN3O3. The molecule has 1 heterocycles. The van der Waals surface area contributed by atoms with Crippen LogP contribution < -0.4 is 15.4 Å². The fraction of sp³-hybridized carbons (Fsp3) is 0.529. The molecule has 1 aliphatic heterocycles. The van der Waals surface area contributed by atoms with Gasteiger partial charge in [-0.05, 0) is 25.0 Å². The number of hydrogen-bond acceptors (Lipinski definition) is 4. The minimum absolute atomic E-state index is 0. The number of ether oxygens (including phenoxy) is 2. The zero-order valence-electron chi connectivity index (χ0n) is 14.2. The fourth-order valence-electron chi connectivity index (χ4n) is 2.47. The highest BCUT2D eigenvalue weighted by Crippen LogP contribution is 2.27. The van der Waals surface area contributed by atoms with E-state index in [-0.39, 0.29) is 36.0 Å². The highest BCUT2D eigenvalue weighted by molar-refractivity contribution is 14.0. The SMILES string of the molecule is CCOC(=O)CCCNC(=NC)NCC1Cc2ccccc2O1.I. The van der Waals surface area contributed by atoms with Gasteiger partial charge in [0.25, 0.3) is 0 Å². The second-order valence-electron chi connectivity index (χ2n) is 5.34. The number of guanidine groups is 1. The van der Waals surface area contributed by atoms with Crippen LogP contribution in [0.1, 0.15) is 25.3 Å². The van der Waals surface area contributed by atoms with Crippen molar-refractivity contribution in [2.75, 3.05) is 26.7 Å². The van der Waals surface area contributed by atoms with E-state index in [0.717, 1.165) is 12.2 Å². The van der Waals surface area contributed by atoms with Gasteiger partial charge >= 0.3 is 5.97 Å². The Bertz CT molecular complexity index is 527. The van der Waals surface area contributed by atoms with E-state index in [2.05, 4.69) is 21.7 Å². The van der Waals surface area contributed by atoms with Crippen molar-refractivity contribution in [1.82, 2.24) is 10.6 Å². The van der Waals surface area contributed by atoms with Crippen LogP contribution in [0.2, 0.25) is 0 Å². The number of carbonyl (C=O) groups excluding carboxylic acids is 1. The van der Waals surface area contributed by atoms with Crippen LogP contribution in [-0.2, 0) is 16.0 Å².